The second kappa shape index (κ2) is 3.51. The molecule has 0 bridgehead atoms. The van der Waals surface area contributed by atoms with Gasteiger partial charge < -0.3 is 0 Å². The molecule has 0 aliphatic rings. The second-order valence-corrected chi connectivity index (χ2v) is 6.53. The van der Waals surface area contributed by atoms with Gasteiger partial charge in [-0.2, -0.15) is 8.42 Å². The Hall–Kier alpha value is 0.520. The number of thiol groups is 1. The van der Waals surface area contributed by atoms with Gasteiger partial charge in [-0.15, -0.1) is 11.7 Å². The second-order valence-electron chi connectivity index (χ2n) is 0.814. The van der Waals surface area contributed by atoms with E-state index < -0.39 is 17.7 Å². The van der Waals surface area contributed by atoms with Crippen LogP contribution in [0.2, 0.25) is 0 Å². The van der Waals surface area contributed by atoms with Crippen LogP contribution in [0.4, 0.5) is 0 Å². The van der Waals surface area contributed by atoms with Crippen LogP contribution in [0.25, 0.3) is 0 Å². The average Bonchev–Trinajstić information content (AvgIpc) is 1.65. The first-order valence-electron chi connectivity index (χ1n) is 1.68. The summed E-state index contributed by atoms with van der Waals surface area (Å²) < 4.78 is 19.7. The molecule has 0 aliphatic heterocycles. The zero-order valence-electron chi connectivity index (χ0n) is 3.79. The Bertz CT molecular complexity index is 157. The summed E-state index contributed by atoms with van der Waals surface area (Å²) in [7, 11) is -2.69. The largest absolute Gasteiger partial charge is 0.250 e. The van der Waals surface area contributed by atoms with Crippen LogP contribution >= 0.6 is 11.7 Å². The van der Waals surface area contributed by atoms with Gasteiger partial charge in [-0.05, 0) is 8.49 Å². The van der Waals surface area contributed by atoms with Crippen LogP contribution in [0.3, 0.4) is 0 Å². The number of hydrogen-bond acceptors (Lipinski definition) is 2. The molecule has 0 radical (unpaired) electrons. The fraction of sp³-hybridized carbons (Fsp3) is 1.00. The first-order valence-corrected chi connectivity index (χ1v) is 5.72. The molecule has 1 unspecified atom stereocenters. The van der Waals surface area contributed by atoms with Crippen molar-refractivity contribution in [1.82, 2.24) is 0 Å². The molecule has 0 saturated carbocycles. The molecule has 0 saturated heterocycles. The molecule has 0 aromatic rings. The summed E-state index contributed by atoms with van der Waals surface area (Å²) in [6, 6.07) is 0. The minimum Gasteiger partial charge on any atom is -0.177 e. The van der Waals surface area contributed by atoms with Crippen LogP contribution in [0, 0.1) is 0 Å². The summed E-state index contributed by atoms with van der Waals surface area (Å²) in [5, 5.41) is 0. The van der Waals surface area contributed by atoms with Crippen LogP contribution in [0.1, 0.15) is 6.92 Å². The summed E-state index contributed by atoms with van der Waals surface area (Å²) in [5.74, 6) is 0.596. The summed E-state index contributed by atoms with van der Waals surface area (Å²) in [6.45, 7) is 1.78. The summed E-state index contributed by atoms with van der Waals surface area (Å²) >= 11 is 3.74. The molecule has 7 heavy (non-hydrogen) atoms. The van der Waals surface area contributed by atoms with Gasteiger partial charge in [-0.3, -0.25) is 0 Å². The molecule has 1 atom stereocenters. The highest BCUT2D eigenvalue weighted by atomic mass is 33.3. The fourth-order valence-electron chi connectivity index (χ4n) is 0.0962. The van der Waals surface area contributed by atoms with E-state index in [2.05, 4.69) is 11.7 Å². The fourth-order valence-corrected chi connectivity index (χ4v) is 0.866. The first kappa shape index (κ1) is 7.52. The van der Waals surface area contributed by atoms with Crippen molar-refractivity contribution in [1.29, 1.82) is 0 Å². The van der Waals surface area contributed by atoms with Crippen molar-refractivity contribution in [3.05, 3.63) is 0 Å². The molecule has 0 rings (SSSR count). The van der Waals surface area contributed by atoms with Crippen LogP contribution in [0.5, 0.6) is 0 Å². The molecular weight excluding hydrogens is 152 g/mol. The molecule has 0 fully saturated rings. The highest BCUT2D eigenvalue weighted by Gasteiger charge is 1.80. The minimum atomic E-state index is -1.97. The van der Waals surface area contributed by atoms with Gasteiger partial charge in [0.1, 0.15) is 0 Å². The third-order valence-electron chi connectivity index (χ3n) is 0.404. The smallest absolute Gasteiger partial charge is 0.177 e. The maximum atomic E-state index is 9.87. The van der Waals surface area contributed by atoms with E-state index in [-0.39, 0.29) is 0 Å². The molecule has 0 aromatic carbocycles. The maximum Gasteiger partial charge on any atom is 0.250 e. The first-order chi connectivity index (χ1) is 3.18. The van der Waals surface area contributed by atoms with Gasteiger partial charge in [0, 0.05) is 5.75 Å². The molecular formula is C2H6O2S3. The predicted molar refractivity (Wildman–Crippen MR) is 35.8 cm³/mol. The van der Waals surface area contributed by atoms with Crippen LogP contribution in [0.15, 0.2) is 0 Å². The lowest BCUT2D eigenvalue weighted by Crippen LogP contribution is -1.79. The van der Waals surface area contributed by atoms with Crippen molar-refractivity contribution in [3.63, 3.8) is 0 Å². The lowest BCUT2D eigenvalue weighted by atomic mass is 11.0. The van der Waals surface area contributed by atoms with Crippen molar-refractivity contribution < 1.29 is 8.42 Å². The molecule has 5 heteroatoms. The maximum absolute atomic E-state index is 9.87. The van der Waals surface area contributed by atoms with E-state index in [0.29, 0.717) is 5.75 Å². The lowest BCUT2D eigenvalue weighted by molar-refractivity contribution is 0.628. The van der Waals surface area contributed by atoms with E-state index in [1.807, 2.05) is 0 Å². The Labute approximate surface area is 50.9 Å². The molecule has 0 amide bonds. The van der Waals surface area contributed by atoms with Gasteiger partial charge in [0.15, 0.2) is 0 Å². The van der Waals surface area contributed by atoms with E-state index in [0.717, 1.165) is 0 Å². The van der Waals surface area contributed by atoms with Gasteiger partial charge in [0.2, 0.25) is 9.26 Å². The number of hydrogen-bond donors (Lipinski definition) is 1. The SMILES string of the molecule is CCS(S)=S(=O)=O. The normalized spacial score (nSPS) is 13.4. The van der Waals surface area contributed by atoms with Gasteiger partial charge in [0.25, 0.3) is 0 Å². The quantitative estimate of drug-likeness (QED) is 0.439. The monoisotopic (exact) mass is 158 g/mol. The zero-order valence-corrected chi connectivity index (χ0v) is 6.31. The average molecular weight is 158 g/mol. The van der Waals surface area contributed by atoms with Gasteiger partial charge in [-0.1, -0.05) is 6.92 Å². The van der Waals surface area contributed by atoms with Crippen molar-refractivity contribution in [2.75, 3.05) is 5.75 Å². The Balaban J connectivity index is 4.33. The molecule has 0 spiro atoms. The third kappa shape index (κ3) is 3.13. The van der Waals surface area contributed by atoms with Crippen LogP contribution < -0.4 is 0 Å². The van der Waals surface area contributed by atoms with Gasteiger partial charge in [-0.25, -0.2) is 0 Å². The topological polar surface area (TPSA) is 34.1 Å². The van der Waals surface area contributed by atoms with Crippen molar-refractivity contribution >= 4 is 29.4 Å². The number of rotatable bonds is 1. The van der Waals surface area contributed by atoms with Crippen molar-refractivity contribution in [2.45, 2.75) is 6.92 Å². The van der Waals surface area contributed by atoms with Crippen molar-refractivity contribution in [2.24, 2.45) is 0 Å². The van der Waals surface area contributed by atoms with Crippen molar-refractivity contribution in [3.8, 4) is 0 Å². The standard InChI is InChI=1S/C2H6O2S3/c1-2-6(5)7(3)4/h5H,2H2,1H3. The third-order valence-corrected chi connectivity index (χ3v) is 4.73. The molecule has 2 nitrogen and oxygen atoms in total. The molecule has 0 heterocycles. The summed E-state index contributed by atoms with van der Waals surface area (Å²) in [4.78, 5) is 0. The minimum absolute atomic E-state index is 0.596. The lowest BCUT2D eigenvalue weighted by Gasteiger charge is -1.78. The summed E-state index contributed by atoms with van der Waals surface area (Å²) in [6.07, 6.45) is 0. The molecule has 0 N–H and O–H groups in total. The van der Waals surface area contributed by atoms with E-state index in [4.69, 9.17) is 0 Å². The molecule has 44 valence electrons. The molecule has 0 aromatic heterocycles. The highest BCUT2D eigenvalue weighted by molar-refractivity contribution is 8.77. The van der Waals surface area contributed by atoms with Gasteiger partial charge in [0.05, 0.1) is 0 Å². The zero-order chi connectivity index (χ0) is 5.86. The van der Waals surface area contributed by atoms with E-state index in [1.54, 1.807) is 6.92 Å². The van der Waals surface area contributed by atoms with E-state index in [1.165, 1.54) is 0 Å². The predicted octanol–water partition coefficient (Wildman–Crippen LogP) is 0.264. The van der Waals surface area contributed by atoms with Gasteiger partial charge >= 0.3 is 0 Å². The van der Waals surface area contributed by atoms with E-state index in [9.17, 15) is 8.42 Å². The Morgan fingerprint density at radius 2 is 2.00 bits per heavy atom. The Kier molecular flexibility index (Phi) is 3.77. The Morgan fingerprint density at radius 1 is 1.57 bits per heavy atom. The Morgan fingerprint density at radius 3 is 2.00 bits per heavy atom. The molecule has 0 aliphatic carbocycles. The van der Waals surface area contributed by atoms with Crippen LogP contribution in [-0.4, -0.2) is 14.2 Å². The van der Waals surface area contributed by atoms with Crippen LogP contribution in [-0.2, 0) is 17.7 Å². The summed E-state index contributed by atoms with van der Waals surface area (Å²) in [5.41, 5.74) is 0. The highest BCUT2D eigenvalue weighted by Crippen LogP contribution is 1.86. The van der Waals surface area contributed by atoms with E-state index >= 15 is 0 Å².